The number of methoxy groups -OCH3 is 1. The van der Waals surface area contributed by atoms with Crippen LogP contribution in [0, 0.1) is 23.3 Å². The van der Waals surface area contributed by atoms with E-state index in [0.717, 1.165) is 39.0 Å². The van der Waals surface area contributed by atoms with Gasteiger partial charge < -0.3 is 15.4 Å². The summed E-state index contributed by atoms with van der Waals surface area (Å²) in [4.78, 5) is 71.6. The number of benzene rings is 4. The Labute approximate surface area is 322 Å². The highest BCUT2D eigenvalue weighted by molar-refractivity contribution is 5.74. The maximum atomic E-state index is 13.7. The maximum absolute atomic E-state index is 13.7. The zero-order valence-electron chi connectivity index (χ0n) is 30.0. The van der Waals surface area contributed by atoms with E-state index in [1.165, 1.54) is 54.9 Å². The second kappa shape index (κ2) is 16.4. The molecule has 15 nitrogen and oxygen atoms in total. The molecule has 0 saturated carbocycles. The fraction of sp³-hybridized carbons (Fsp3) is 0.0769. The van der Waals surface area contributed by atoms with E-state index in [1.54, 1.807) is 7.11 Å². The molecular weight excluding hydrogens is 764 g/mol. The second-order valence-electron chi connectivity index (χ2n) is 12.3. The molecule has 0 aliphatic rings. The van der Waals surface area contributed by atoms with E-state index >= 15 is 0 Å². The van der Waals surface area contributed by atoms with Crippen LogP contribution in [-0.2, 0) is 13.1 Å². The van der Waals surface area contributed by atoms with Gasteiger partial charge in [-0.05, 0) is 48.5 Å². The van der Waals surface area contributed by atoms with Gasteiger partial charge in [0.15, 0.2) is 11.3 Å². The first kappa shape index (κ1) is 38.3. The third kappa shape index (κ3) is 8.17. The van der Waals surface area contributed by atoms with Crippen LogP contribution in [0.1, 0.15) is 11.1 Å². The molecule has 0 aliphatic carbocycles. The van der Waals surface area contributed by atoms with E-state index in [-0.39, 0.29) is 57.4 Å². The summed E-state index contributed by atoms with van der Waals surface area (Å²) in [6.45, 7) is 0.350. The minimum atomic E-state index is -0.803. The van der Waals surface area contributed by atoms with Crippen LogP contribution in [0.15, 0.2) is 123 Å². The van der Waals surface area contributed by atoms with Crippen molar-refractivity contribution in [2.45, 2.75) is 13.1 Å². The number of rotatable bonds is 9. The van der Waals surface area contributed by atoms with E-state index in [4.69, 9.17) is 4.74 Å². The zero-order valence-corrected chi connectivity index (χ0v) is 30.0. The summed E-state index contributed by atoms with van der Waals surface area (Å²) < 4.78 is 60.5. The Morgan fingerprint density at radius 3 is 1.60 bits per heavy atom. The Bertz CT molecular complexity index is 3080. The maximum Gasteiger partial charge on any atom is 0.334 e. The first-order chi connectivity index (χ1) is 28.0. The van der Waals surface area contributed by atoms with Crippen LogP contribution in [0.5, 0.6) is 5.75 Å². The van der Waals surface area contributed by atoms with E-state index in [1.807, 2.05) is 24.3 Å². The summed E-state index contributed by atoms with van der Waals surface area (Å²) in [5.74, 6) is -1.60. The third-order valence-corrected chi connectivity index (χ3v) is 8.52. The normalized spacial score (nSPS) is 10.9. The predicted octanol–water partition coefficient (Wildman–Crippen LogP) is 4.73. The van der Waals surface area contributed by atoms with Crippen LogP contribution in [0.2, 0.25) is 0 Å². The number of fused-ring (bicyclic) bond motifs is 2. The number of anilines is 2. The summed E-state index contributed by atoms with van der Waals surface area (Å²) in [5, 5.41) is 5.89. The summed E-state index contributed by atoms with van der Waals surface area (Å²) in [6, 6.07) is 20.9. The molecular formula is C39H28F4N10O5. The minimum Gasteiger partial charge on any atom is -0.496 e. The number of H-pyrrole nitrogens is 2. The van der Waals surface area contributed by atoms with Crippen molar-refractivity contribution < 1.29 is 22.3 Å². The number of aromatic nitrogens is 8. The van der Waals surface area contributed by atoms with E-state index < -0.39 is 45.8 Å². The van der Waals surface area contributed by atoms with Gasteiger partial charge in [0.25, 0.3) is 11.1 Å². The minimum absolute atomic E-state index is 0.00683. The van der Waals surface area contributed by atoms with Crippen LogP contribution in [-0.4, -0.2) is 46.1 Å². The lowest BCUT2D eigenvalue weighted by Crippen LogP contribution is -2.34. The van der Waals surface area contributed by atoms with Gasteiger partial charge in [-0.15, -0.1) is 0 Å². The van der Waals surface area contributed by atoms with Crippen molar-refractivity contribution in [2.24, 2.45) is 0 Å². The highest BCUT2D eigenvalue weighted by Crippen LogP contribution is 2.19. The fourth-order valence-corrected chi connectivity index (χ4v) is 5.74. The molecule has 4 aromatic carbocycles. The molecule has 0 bridgehead atoms. The number of ether oxygens (including phenoxy) is 1. The molecule has 292 valence electrons. The number of para-hydroxylation sites is 1. The molecule has 0 unspecified atom stereocenters. The first-order valence-corrected chi connectivity index (χ1v) is 17.1. The van der Waals surface area contributed by atoms with Gasteiger partial charge in [-0.25, -0.2) is 46.3 Å². The van der Waals surface area contributed by atoms with Crippen molar-refractivity contribution in [1.82, 2.24) is 39.0 Å². The zero-order chi connectivity index (χ0) is 40.9. The van der Waals surface area contributed by atoms with Crippen molar-refractivity contribution >= 4 is 34.0 Å². The molecule has 4 heterocycles. The van der Waals surface area contributed by atoms with Crippen molar-refractivity contribution in [3.8, 4) is 17.1 Å². The molecule has 0 saturated heterocycles. The topological polar surface area (TPSA) is 195 Å². The van der Waals surface area contributed by atoms with Gasteiger partial charge in [-0.3, -0.25) is 19.6 Å². The van der Waals surface area contributed by atoms with Crippen molar-refractivity contribution in [1.29, 1.82) is 0 Å². The Morgan fingerprint density at radius 1 is 0.603 bits per heavy atom. The van der Waals surface area contributed by atoms with Crippen LogP contribution in [0.3, 0.4) is 0 Å². The molecule has 0 amide bonds. The average molecular weight is 793 g/mol. The summed E-state index contributed by atoms with van der Waals surface area (Å²) in [5.41, 5.74) is -1.56. The van der Waals surface area contributed by atoms with Crippen LogP contribution in [0.25, 0.3) is 33.4 Å². The average Bonchev–Trinajstić information content (AvgIpc) is 3.20. The third-order valence-electron chi connectivity index (χ3n) is 8.52. The first-order valence-electron chi connectivity index (χ1n) is 17.1. The fourth-order valence-electron chi connectivity index (χ4n) is 5.74. The molecule has 58 heavy (non-hydrogen) atoms. The lowest BCUT2D eigenvalue weighted by Gasteiger charge is -2.10. The van der Waals surface area contributed by atoms with E-state index in [9.17, 15) is 36.7 Å². The quantitative estimate of drug-likeness (QED) is 0.148. The molecule has 0 fully saturated rings. The number of aromatic amines is 2. The lowest BCUT2D eigenvalue weighted by molar-refractivity contribution is 0.410. The van der Waals surface area contributed by atoms with Crippen molar-refractivity contribution in [3.05, 3.63) is 179 Å². The van der Waals surface area contributed by atoms with Crippen LogP contribution < -0.4 is 37.9 Å². The number of hydrogen-bond donors (Lipinski definition) is 4. The highest BCUT2D eigenvalue weighted by atomic mass is 19.1. The monoisotopic (exact) mass is 792 g/mol. The highest BCUT2D eigenvalue weighted by Gasteiger charge is 2.15. The molecule has 0 aliphatic heterocycles. The molecule has 4 aromatic heterocycles. The Kier molecular flexibility index (Phi) is 10.8. The van der Waals surface area contributed by atoms with Crippen molar-refractivity contribution in [3.63, 3.8) is 0 Å². The largest absolute Gasteiger partial charge is 0.496 e. The van der Waals surface area contributed by atoms with E-state index in [0.29, 0.717) is 12.3 Å². The Hall–Kier alpha value is -7.96. The van der Waals surface area contributed by atoms with Gasteiger partial charge in [0, 0.05) is 42.7 Å². The molecule has 8 rings (SSSR count). The SMILES string of the molecule is COc1ccccc1CNc1ncc2c(=O)n(-c3cccc(F)c3)c(=O)[nH]c2n1.O=c1[nH]c2nc(NCc3ccc(F)cc3F)ncc2c(=O)n1-c1cccc(F)c1. The summed E-state index contributed by atoms with van der Waals surface area (Å²) in [6.07, 6.45) is 2.51. The van der Waals surface area contributed by atoms with Gasteiger partial charge in [-0.1, -0.05) is 36.4 Å². The smallest absolute Gasteiger partial charge is 0.334 e. The Morgan fingerprint density at radius 2 is 1.10 bits per heavy atom. The molecule has 8 aromatic rings. The predicted molar refractivity (Wildman–Crippen MR) is 205 cm³/mol. The molecule has 19 heteroatoms. The number of halogens is 4. The molecule has 0 radical (unpaired) electrons. The van der Waals surface area contributed by atoms with Gasteiger partial charge in [0.2, 0.25) is 11.9 Å². The van der Waals surface area contributed by atoms with E-state index in [2.05, 4.69) is 40.5 Å². The summed E-state index contributed by atoms with van der Waals surface area (Å²) >= 11 is 0. The molecule has 0 spiro atoms. The van der Waals surface area contributed by atoms with Crippen LogP contribution in [0.4, 0.5) is 29.5 Å². The standard InChI is InChI=1S/C20H16FN5O3.C19H12F3N5O2/c1-29-16-8-3-2-5-12(16)10-22-19-23-11-15-17(24-19)25-20(28)26(18(15)27)14-7-4-6-13(21)9-14;20-11-2-1-3-13(6-11)27-17(28)14-9-24-18(25-16(14)26-19(27)29)23-8-10-4-5-12(21)7-15(10)22/h2-9,11H,10H2,1H3,(H2,22,23,24,25,28);1-7,9H,8H2,(H2,23,24,25,26,29). The number of nitrogens with one attached hydrogen (secondary N) is 4. The van der Waals surface area contributed by atoms with Gasteiger partial charge in [0.1, 0.15) is 39.8 Å². The lowest BCUT2D eigenvalue weighted by atomic mass is 10.2. The van der Waals surface area contributed by atoms with Gasteiger partial charge in [0.05, 0.1) is 18.5 Å². The van der Waals surface area contributed by atoms with Gasteiger partial charge >= 0.3 is 11.4 Å². The number of nitrogens with zero attached hydrogens (tertiary/aromatic N) is 6. The Balaban J connectivity index is 0.000000177. The van der Waals surface area contributed by atoms with Gasteiger partial charge in [-0.2, -0.15) is 9.97 Å². The second-order valence-corrected chi connectivity index (χ2v) is 12.3. The molecule has 4 N–H and O–H groups in total. The number of hydrogen-bond acceptors (Lipinski definition) is 11. The summed E-state index contributed by atoms with van der Waals surface area (Å²) in [7, 11) is 1.58. The van der Waals surface area contributed by atoms with Crippen LogP contribution >= 0.6 is 0 Å². The molecule has 0 atom stereocenters. The van der Waals surface area contributed by atoms with Crippen molar-refractivity contribution in [2.75, 3.05) is 17.7 Å².